The highest BCUT2D eigenvalue weighted by Gasteiger charge is 2.31. The number of halogens is 1. The summed E-state index contributed by atoms with van der Waals surface area (Å²) < 4.78 is 5.83. The first-order chi connectivity index (χ1) is 23.4. The number of anilines is 2. The zero-order valence-corrected chi connectivity index (χ0v) is 29.7. The highest BCUT2D eigenvalue weighted by Crippen LogP contribution is 2.17. The molecular formula is C33H57ClN8O7. The molecule has 4 unspecified atom stereocenters. The van der Waals surface area contributed by atoms with Gasteiger partial charge in [-0.3, -0.25) is 20.0 Å². The molecule has 1 amide bonds. The largest absolute Gasteiger partial charge is 0.492 e. The third-order valence-corrected chi connectivity index (χ3v) is 7.67. The molecule has 0 bridgehead atoms. The molecule has 4 atom stereocenters. The first kappa shape index (κ1) is 43.7. The number of aromatic nitrogens is 2. The van der Waals surface area contributed by atoms with E-state index in [1.807, 2.05) is 24.0 Å². The molecule has 0 saturated heterocycles. The van der Waals surface area contributed by atoms with E-state index in [0.29, 0.717) is 19.7 Å². The van der Waals surface area contributed by atoms with Crippen LogP contribution in [0.5, 0.6) is 5.75 Å². The number of carbonyl (C=O) groups is 1. The molecular weight excluding hydrogens is 656 g/mol. The average molecular weight is 713 g/mol. The predicted octanol–water partition coefficient (Wildman–Crippen LogP) is 1.48. The van der Waals surface area contributed by atoms with E-state index in [0.717, 1.165) is 63.7 Å². The van der Waals surface area contributed by atoms with Crippen LogP contribution in [0.1, 0.15) is 81.8 Å². The van der Waals surface area contributed by atoms with Crippen molar-refractivity contribution in [2.45, 2.75) is 96.6 Å². The number of nitrogen functional groups attached to an aromatic ring is 2. The summed E-state index contributed by atoms with van der Waals surface area (Å²) in [5.74, 6) is -0.0128. The second kappa shape index (κ2) is 24.8. The van der Waals surface area contributed by atoms with E-state index in [-0.39, 0.29) is 35.0 Å². The second-order valence-corrected chi connectivity index (χ2v) is 12.0. The molecule has 2 aromatic rings. The van der Waals surface area contributed by atoms with Crippen molar-refractivity contribution in [3.05, 3.63) is 40.7 Å². The van der Waals surface area contributed by atoms with Crippen LogP contribution in [0.25, 0.3) is 0 Å². The van der Waals surface area contributed by atoms with Gasteiger partial charge >= 0.3 is 0 Å². The highest BCUT2D eigenvalue weighted by molar-refractivity contribution is 6.31. The summed E-state index contributed by atoms with van der Waals surface area (Å²) in [6.45, 7) is 8.04. The first-order valence-corrected chi connectivity index (χ1v) is 17.2. The Labute approximate surface area is 294 Å². The number of nitrogens with zero attached hydrogens (tertiary/aromatic N) is 4. The van der Waals surface area contributed by atoms with Gasteiger partial charge in [-0.2, -0.15) is 0 Å². The van der Waals surface area contributed by atoms with Gasteiger partial charge in [0.05, 0.1) is 12.7 Å². The lowest BCUT2D eigenvalue weighted by Gasteiger charge is -2.30. The van der Waals surface area contributed by atoms with Gasteiger partial charge in [-0.15, -0.1) is 0 Å². The Morgan fingerprint density at radius 1 is 0.918 bits per heavy atom. The SMILES string of the molecule is CCCCCCN(CCOc1ccc(CCC)cc1)CC(O)C(O)C(O)C(O)CO.CCCCN=C(N)NC(=O)c1nc(Cl)c(N)nc1N. The molecule has 15 nitrogen and oxygen atoms in total. The number of carbonyl (C=O) groups excluding carboxylic acids is 1. The number of rotatable bonds is 21. The Bertz CT molecular complexity index is 1240. The fraction of sp³-hybridized carbons (Fsp3) is 0.636. The maximum absolute atomic E-state index is 11.8. The van der Waals surface area contributed by atoms with E-state index in [2.05, 4.69) is 46.3 Å². The first-order valence-electron chi connectivity index (χ1n) is 16.8. The van der Waals surface area contributed by atoms with Gasteiger partial charge in [0, 0.05) is 19.6 Å². The van der Waals surface area contributed by atoms with E-state index in [1.165, 1.54) is 5.56 Å². The van der Waals surface area contributed by atoms with Crippen LogP contribution in [0.15, 0.2) is 29.3 Å². The molecule has 1 heterocycles. The smallest absolute Gasteiger partial charge is 0.280 e. The van der Waals surface area contributed by atoms with Gasteiger partial charge < -0.3 is 47.5 Å². The van der Waals surface area contributed by atoms with Crippen LogP contribution in [-0.4, -0.2) is 116 Å². The quantitative estimate of drug-likeness (QED) is 0.0505. The van der Waals surface area contributed by atoms with Gasteiger partial charge in [0.25, 0.3) is 5.91 Å². The van der Waals surface area contributed by atoms with Crippen LogP contribution in [0.4, 0.5) is 11.6 Å². The number of hydrogen-bond donors (Lipinski definition) is 9. The number of benzene rings is 1. The fourth-order valence-electron chi connectivity index (χ4n) is 4.51. The predicted molar refractivity (Wildman–Crippen MR) is 192 cm³/mol. The number of ether oxygens (including phenoxy) is 1. The van der Waals surface area contributed by atoms with Gasteiger partial charge in [-0.25, -0.2) is 9.97 Å². The number of unbranched alkanes of at least 4 members (excludes halogenated alkanes) is 4. The minimum atomic E-state index is -1.61. The Balaban J connectivity index is 0.000000542. The molecule has 0 fully saturated rings. The van der Waals surface area contributed by atoms with Crippen LogP contribution in [0.2, 0.25) is 5.15 Å². The van der Waals surface area contributed by atoms with Crippen LogP contribution in [0.3, 0.4) is 0 Å². The van der Waals surface area contributed by atoms with Crippen molar-refractivity contribution < 1.29 is 35.1 Å². The summed E-state index contributed by atoms with van der Waals surface area (Å²) in [5, 5.41) is 50.9. The Hall–Kier alpha value is -3.31. The number of hydrogen-bond acceptors (Lipinski definition) is 13. The second-order valence-electron chi connectivity index (χ2n) is 11.6. The Morgan fingerprint density at radius 2 is 1.57 bits per heavy atom. The van der Waals surface area contributed by atoms with E-state index in [1.54, 1.807) is 0 Å². The summed E-state index contributed by atoms with van der Waals surface area (Å²) in [4.78, 5) is 25.2. The Kier molecular flexibility index (Phi) is 22.1. The number of amides is 1. The number of aryl methyl sites for hydroxylation is 1. The Morgan fingerprint density at radius 3 is 2.18 bits per heavy atom. The fourth-order valence-corrected chi connectivity index (χ4v) is 4.63. The van der Waals surface area contributed by atoms with Gasteiger partial charge in [0.1, 0.15) is 30.7 Å². The third-order valence-electron chi connectivity index (χ3n) is 7.39. The summed E-state index contributed by atoms with van der Waals surface area (Å²) in [6, 6.07) is 8.05. The molecule has 49 heavy (non-hydrogen) atoms. The molecule has 0 spiro atoms. The minimum Gasteiger partial charge on any atom is -0.492 e. The summed E-state index contributed by atoms with van der Waals surface area (Å²) in [6.07, 6.45) is 2.43. The van der Waals surface area contributed by atoms with Crippen LogP contribution < -0.4 is 27.3 Å². The van der Waals surface area contributed by atoms with Gasteiger partial charge in [-0.1, -0.05) is 76.6 Å². The van der Waals surface area contributed by atoms with Crippen molar-refractivity contribution in [1.82, 2.24) is 20.2 Å². The molecule has 16 heteroatoms. The molecule has 1 aromatic carbocycles. The third kappa shape index (κ3) is 17.3. The number of nitrogens with one attached hydrogen (secondary N) is 1. The summed E-state index contributed by atoms with van der Waals surface area (Å²) >= 11 is 5.67. The average Bonchev–Trinajstić information content (AvgIpc) is 3.08. The molecule has 1 aromatic heterocycles. The van der Waals surface area contributed by atoms with E-state index >= 15 is 0 Å². The zero-order chi connectivity index (χ0) is 36.8. The molecule has 0 saturated carbocycles. The van der Waals surface area contributed by atoms with Crippen LogP contribution >= 0.6 is 11.6 Å². The van der Waals surface area contributed by atoms with Crippen molar-refractivity contribution in [2.24, 2.45) is 10.7 Å². The number of aliphatic imine (C=N–C) groups is 1. The molecule has 0 aliphatic carbocycles. The normalized spacial score (nSPS) is 14.0. The number of aliphatic hydroxyl groups is 5. The molecule has 12 N–H and O–H groups in total. The molecule has 0 radical (unpaired) electrons. The zero-order valence-electron chi connectivity index (χ0n) is 29.0. The van der Waals surface area contributed by atoms with Crippen molar-refractivity contribution in [1.29, 1.82) is 0 Å². The minimum absolute atomic E-state index is 0.00685. The number of nitrogens with two attached hydrogens (primary N) is 3. The summed E-state index contributed by atoms with van der Waals surface area (Å²) in [5.41, 5.74) is 17.6. The van der Waals surface area contributed by atoms with E-state index < -0.39 is 36.9 Å². The summed E-state index contributed by atoms with van der Waals surface area (Å²) in [7, 11) is 0. The maximum Gasteiger partial charge on any atom is 0.280 e. The highest BCUT2D eigenvalue weighted by atomic mass is 35.5. The van der Waals surface area contributed by atoms with Crippen molar-refractivity contribution in [3.8, 4) is 5.75 Å². The lowest BCUT2D eigenvalue weighted by atomic mass is 10.0. The van der Waals surface area contributed by atoms with Gasteiger partial charge in [0.15, 0.2) is 28.4 Å². The van der Waals surface area contributed by atoms with E-state index in [4.69, 9.17) is 38.6 Å². The number of guanidine groups is 1. The van der Waals surface area contributed by atoms with Crippen molar-refractivity contribution >= 4 is 35.1 Å². The maximum atomic E-state index is 11.8. The standard InChI is InChI=1S/C23H41NO6.C10H16ClN7O/c1-3-5-6-7-13-24(16-20(26)22(28)23(29)21(27)17-25)14-15-30-19-11-9-18(8-4-2)10-12-19;1-2-3-4-15-10(14)18-9(19)5-7(12)17-8(13)6(11)16-5/h9-12,20-23,25-29H,3-8,13-17H2,1-2H3;2-4H2,1H3,(H4,12,13,17)(H3,14,15,18,19). The monoisotopic (exact) mass is 712 g/mol. The topological polar surface area (TPSA) is 259 Å². The van der Waals surface area contributed by atoms with E-state index in [9.17, 15) is 25.2 Å². The number of aliphatic hydroxyl groups excluding tert-OH is 5. The van der Waals surface area contributed by atoms with Crippen LogP contribution in [-0.2, 0) is 6.42 Å². The van der Waals surface area contributed by atoms with Crippen LogP contribution in [0, 0.1) is 0 Å². The molecule has 2 rings (SSSR count). The van der Waals surface area contributed by atoms with Crippen molar-refractivity contribution in [3.63, 3.8) is 0 Å². The molecule has 0 aliphatic rings. The molecule has 278 valence electrons. The lowest BCUT2D eigenvalue weighted by molar-refractivity contribution is -0.119. The lowest BCUT2D eigenvalue weighted by Crippen LogP contribution is -2.50. The van der Waals surface area contributed by atoms with Gasteiger partial charge in [0.2, 0.25) is 0 Å². The van der Waals surface area contributed by atoms with Gasteiger partial charge in [-0.05, 0) is 43.5 Å². The molecule has 0 aliphatic heterocycles. The van der Waals surface area contributed by atoms with Crippen molar-refractivity contribution in [2.75, 3.05) is 50.9 Å².